The summed E-state index contributed by atoms with van der Waals surface area (Å²) >= 11 is 3.44. The summed E-state index contributed by atoms with van der Waals surface area (Å²) < 4.78 is 6.36. The van der Waals surface area contributed by atoms with Crippen molar-refractivity contribution in [3.8, 4) is 11.8 Å². The Balaban J connectivity index is 2.11. The predicted molar refractivity (Wildman–Crippen MR) is 97.6 cm³/mol. The maximum absolute atomic E-state index is 12.8. The number of nitrogens with zero attached hydrogens (tertiary/aromatic N) is 2. The Kier molecular flexibility index (Phi) is 4.68. The Hall–Kier alpha value is -2.58. The zero-order valence-electron chi connectivity index (χ0n) is 13.1. The quantitative estimate of drug-likeness (QED) is 0.742. The first-order valence-electron chi connectivity index (χ1n) is 7.58. The van der Waals surface area contributed by atoms with E-state index in [1.165, 1.54) is 0 Å². The molecule has 1 aliphatic heterocycles. The molecule has 1 heterocycles. The minimum Gasteiger partial charge on any atom is -0.478 e. The molecule has 4 nitrogen and oxygen atoms in total. The minimum absolute atomic E-state index is 0.0232. The number of carbonyl (C=O) groups excluding carboxylic acids is 1. The number of fused-ring (bicyclic) bond motifs is 1. The minimum atomic E-state index is -0.0383. The highest BCUT2D eigenvalue weighted by Crippen LogP contribution is 2.38. The average Bonchev–Trinajstić information content (AvgIpc) is 2.86. The average molecular weight is 383 g/mol. The van der Waals surface area contributed by atoms with Gasteiger partial charge in [0.15, 0.2) is 6.61 Å². The van der Waals surface area contributed by atoms with E-state index in [-0.39, 0.29) is 12.5 Å². The third-order valence-corrected chi connectivity index (χ3v) is 4.33. The van der Waals surface area contributed by atoms with E-state index < -0.39 is 0 Å². The van der Waals surface area contributed by atoms with Crippen LogP contribution in [0.5, 0.6) is 5.75 Å². The second kappa shape index (κ2) is 6.90. The molecule has 0 radical (unpaired) electrons. The summed E-state index contributed by atoms with van der Waals surface area (Å²) in [6.07, 6.45) is 1.83. The second-order valence-electron chi connectivity index (χ2n) is 5.25. The van der Waals surface area contributed by atoms with E-state index in [2.05, 4.69) is 15.9 Å². The Labute approximate surface area is 149 Å². The monoisotopic (exact) mass is 382 g/mol. The van der Waals surface area contributed by atoms with Crippen LogP contribution in [0.15, 0.2) is 46.9 Å². The van der Waals surface area contributed by atoms with E-state index in [0.717, 1.165) is 21.3 Å². The van der Waals surface area contributed by atoms with Crippen LogP contribution in [-0.4, -0.2) is 19.1 Å². The molecule has 0 unspecified atom stereocenters. The van der Waals surface area contributed by atoms with Gasteiger partial charge in [-0.05, 0) is 37.3 Å². The number of benzene rings is 2. The Morgan fingerprint density at radius 3 is 2.83 bits per heavy atom. The van der Waals surface area contributed by atoms with Crippen LogP contribution in [0.3, 0.4) is 0 Å². The van der Waals surface area contributed by atoms with Gasteiger partial charge in [-0.2, -0.15) is 5.26 Å². The molecule has 2 aromatic rings. The van der Waals surface area contributed by atoms with Gasteiger partial charge in [0, 0.05) is 27.7 Å². The van der Waals surface area contributed by atoms with Gasteiger partial charge in [0.05, 0.1) is 5.69 Å². The van der Waals surface area contributed by atoms with Crippen molar-refractivity contribution in [2.45, 2.75) is 6.92 Å². The number of hydrogen-bond donors (Lipinski definition) is 0. The van der Waals surface area contributed by atoms with Gasteiger partial charge < -0.3 is 9.64 Å². The summed E-state index contributed by atoms with van der Waals surface area (Å²) in [6.45, 7) is 2.53. The van der Waals surface area contributed by atoms with Crippen molar-refractivity contribution >= 4 is 39.2 Å². The van der Waals surface area contributed by atoms with Crippen molar-refractivity contribution in [2.75, 3.05) is 18.1 Å². The maximum Gasteiger partial charge on any atom is 0.258 e. The van der Waals surface area contributed by atoms with Crippen LogP contribution >= 0.6 is 15.9 Å². The van der Waals surface area contributed by atoms with Gasteiger partial charge >= 0.3 is 0 Å². The molecular weight excluding hydrogens is 368 g/mol. The van der Waals surface area contributed by atoms with Crippen molar-refractivity contribution in [1.82, 2.24) is 0 Å². The van der Waals surface area contributed by atoms with Gasteiger partial charge in [-0.1, -0.05) is 34.1 Å². The van der Waals surface area contributed by atoms with Crippen LogP contribution in [0.25, 0.3) is 11.6 Å². The lowest BCUT2D eigenvalue weighted by Crippen LogP contribution is -2.25. The van der Waals surface area contributed by atoms with Crippen LogP contribution in [0, 0.1) is 11.3 Å². The van der Waals surface area contributed by atoms with Gasteiger partial charge in [0.25, 0.3) is 5.91 Å². The molecular formula is C19H15BrN2O2. The molecule has 0 spiro atoms. The lowest BCUT2D eigenvalue weighted by molar-refractivity contribution is -0.112. The van der Waals surface area contributed by atoms with Crippen LogP contribution in [0.1, 0.15) is 18.1 Å². The van der Waals surface area contributed by atoms with Crippen molar-refractivity contribution in [3.05, 3.63) is 58.1 Å². The van der Waals surface area contributed by atoms with Crippen molar-refractivity contribution < 1.29 is 9.53 Å². The van der Waals surface area contributed by atoms with E-state index in [9.17, 15) is 4.79 Å². The fraction of sp³-hybridized carbons (Fsp3) is 0.158. The van der Waals surface area contributed by atoms with Crippen molar-refractivity contribution in [3.63, 3.8) is 0 Å². The van der Waals surface area contributed by atoms with Crippen LogP contribution in [0.2, 0.25) is 0 Å². The van der Waals surface area contributed by atoms with E-state index >= 15 is 0 Å². The fourth-order valence-electron chi connectivity index (χ4n) is 2.79. The largest absolute Gasteiger partial charge is 0.478 e. The Morgan fingerprint density at radius 1 is 1.29 bits per heavy atom. The van der Waals surface area contributed by atoms with Crippen molar-refractivity contribution in [1.29, 1.82) is 5.26 Å². The summed E-state index contributed by atoms with van der Waals surface area (Å²) in [5.41, 5.74) is 3.23. The number of para-hydroxylation sites is 1. The van der Waals surface area contributed by atoms with E-state index in [0.29, 0.717) is 17.9 Å². The highest BCUT2D eigenvalue weighted by Gasteiger charge is 2.30. The zero-order valence-corrected chi connectivity index (χ0v) is 14.7. The highest BCUT2D eigenvalue weighted by atomic mass is 79.9. The van der Waals surface area contributed by atoms with Gasteiger partial charge in [-0.3, -0.25) is 4.79 Å². The van der Waals surface area contributed by atoms with E-state index in [1.807, 2.05) is 55.5 Å². The van der Waals surface area contributed by atoms with E-state index in [4.69, 9.17) is 10.00 Å². The predicted octanol–water partition coefficient (Wildman–Crippen LogP) is 4.26. The van der Waals surface area contributed by atoms with Crippen LogP contribution < -0.4 is 9.64 Å². The van der Waals surface area contributed by atoms with Gasteiger partial charge in [0.2, 0.25) is 0 Å². The number of amides is 1. The lowest BCUT2D eigenvalue weighted by atomic mass is 10.0. The maximum atomic E-state index is 12.8. The number of hydrogen-bond acceptors (Lipinski definition) is 3. The third kappa shape index (κ3) is 2.93. The van der Waals surface area contributed by atoms with Crippen LogP contribution in [0.4, 0.5) is 5.69 Å². The molecule has 0 atom stereocenters. The standard InChI is InChI=1S/C19H15BrN2O2/c1-2-22-17-6-4-3-5-15(17)16(19(22)23)12-13-11-14(20)7-8-18(13)24-10-9-21/h3-8,11-12H,2,10H2,1H3/b16-12-. The molecule has 0 fully saturated rings. The molecule has 0 saturated heterocycles. The molecule has 2 aromatic carbocycles. The number of carbonyl (C=O) groups is 1. The molecule has 0 aliphatic carbocycles. The molecule has 0 saturated carbocycles. The summed E-state index contributed by atoms with van der Waals surface area (Å²) in [6, 6.07) is 15.2. The van der Waals surface area contributed by atoms with Gasteiger partial charge in [-0.25, -0.2) is 0 Å². The topological polar surface area (TPSA) is 53.3 Å². The number of halogens is 1. The molecule has 0 aromatic heterocycles. The van der Waals surface area contributed by atoms with Gasteiger partial charge in [0.1, 0.15) is 11.8 Å². The molecule has 1 amide bonds. The number of nitriles is 1. The summed E-state index contributed by atoms with van der Waals surface area (Å²) in [4.78, 5) is 14.5. The van der Waals surface area contributed by atoms with Crippen LogP contribution in [-0.2, 0) is 4.79 Å². The van der Waals surface area contributed by atoms with Crippen molar-refractivity contribution in [2.24, 2.45) is 0 Å². The zero-order chi connectivity index (χ0) is 17.1. The molecule has 3 rings (SSSR count). The van der Waals surface area contributed by atoms with Gasteiger partial charge in [-0.15, -0.1) is 0 Å². The second-order valence-corrected chi connectivity index (χ2v) is 6.17. The number of likely N-dealkylation sites (N-methyl/N-ethyl adjacent to an activating group) is 1. The summed E-state index contributed by atoms with van der Waals surface area (Å²) in [7, 11) is 0. The molecule has 24 heavy (non-hydrogen) atoms. The molecule has 0 N–H and O–H groups in total. The molecule has 5 heteroatoms. The first-order chi connectivity index (χ1) is 11.7. The first kappa shape index (κ1) is 16.3. The normalized spacial score (nSPS) is 14.6. The smallest absolute Gasteiger partial charge is 0.258 e. The molecule has 0 bridgehead atoms. The highest BCUT2D eigenvalue weighted by molar-refractivity contribution is 9.10. The molecule has 1 aliphatic rings. The fourth-order valence-corrected chi connectivity index (χ4v) is 3.17. The lowest BCUT2D eigenvalue weighted by Gasteiger charge is -2.13. The Morgan fingerprint density at radius 2 is 2.08 bits per heavy atom. The Bertz CT molecular complexity index is 868. The number of anilines is 1. The summed E-state index contributed by atoms with van der Waals surface area (Å²) in [5, 5.41) is 8.74. The first-order valence-corrected chi connectivity index (χ1v) is 8.37. The number of ether oxygens (including phenoxy) is 1. The third-order valence-electron chi connectivity index (χ3n) is 3.84. The molecule has 120 valence electrons. The summed E-state index contributed by atoms with van der Waals surface area (Å²) in [5.74, 6) is 0.553. The SMILES string of the molecule is CCN1C(=O)/C(=C\c2cc(Br)ccc2OCC#N)c2ccccc21. The number of rotatable bonds is 4. The van der Waals surface area contributed by atoms with E-state index in [1.54, 1.807) is 11.0 Å².